The van der Waals surface area contributed by atoms with Gasteiger partial charge in [0, 0.05) is 17.0 Å². The second-order valence-corrected chi connectivity index (χ2v) is 5.99. The first-order chi connectivity index (χ1) is 10.1. The third-order valence-electron chi connectivity index (χ3n) is 3.42. The lowest BCUT2D eigenvalue weighted by atomic mass is 10.2. The van der Waals surface area contributed by atoms with Crippen LogP contribution in [0.1, 0.15) is 28.8 Å². The lowest BCUT2D eigenvalue weighted by Gasteiger charge is -2.07. The van der Waals surface area contributed by atoms with Crippen molar-refractivity contribution in [3.63, 3.8) is 0 Å². The lowest BCUT2D eigenvalue weighted by Crippen LogP contribution is -2.05. The molecule has 3 N–H and O–H groups in total. The number of nitrogens with two attached hydrogens (primary N) is 1. The van der Waals surface area contributed by atoms with Gasteiger partial charge >= 0.3 is 0 Å². The molecule has 0 amide bonds. The standard InChI is InChI=1S/C14H17N5OS/c1-4-9-5-10-12(17-14(15)18-13(10)21-9)16-6-11-7(2)19-20-8(11)3/h5H,4,6H2,1-3H3,(H3,15,16,17,18). The van der Waals surface area contributed by atoms with E-state index in [2.05, 4.69) is 33.4 Å². The van der Waals surface area contributed by atoms with Gasteiger partial charge in [-0.15, -0.1) is 11.3 Å². The summed E-state index contributed by atoms with van der Waals surface area (Å²) in [4.78, 5) is 10.8. The largest absolute Gasteiger partial charge is 0.368 e. The normalized spacial score (nSPS) is 11.2. The number of anilines is 2. The van der Waals surface area contributed by atoms with E-state index in [0.29, 0.717) is 6.54 Å². The van der Waals surface area contributed by atoms with Gasteiger partial charge in [-0.05, 0) is 26.3 Å². The molecule has 0 bridgehead atoms. The van der Waals surface area contributed by atoms with Crippen LogP contribution in [0.15, 0.2) is 10.6 Å². The maximum atomic E-state index is 5.80. The topological polar surface area (TPSA) is 89.9 Å². The molecule has 0 spiro atoms. The molecule has 3 aromatic heterocycles. The first-order valence-electron chi connectivity index (χ1n) is 6.80. The van der Waals surface area contributed by atoms with Crippen molar-refractivity contribution in [3.05, 3.63) is 28.0 Å². The van der Waals surface area contributed by atoms with Crippen molar-refractivity contribution in [2.45, 2.75) is 33.7 Å². The van der Waals surface area contributed by atoms with Crippen LogP contribution in [0.2, 0.25) is 0 Å². The molecule has 7 heteroatoms. The number of nitrogens with one attached hydrogen (secondary N) is 1. The number of nitrogens with zero attached hydrogens (tertiary/aromatic N) is 3. The Morgan fingerprint density at radius 2 is 2.14 bits per heavy atom. The summed E-state index contributed by atoms with van der Waals surface area (Å²) >= 11 is 1.65. The Morgan fingerprint density at radius 1 is 1.33 bits per heavy atom. The summed E-state index contributed by atoms with van der Waals surface area (Å²) < 4.78 is 5.17. The van der Waals surface area contributed by atoms with Crippen molar-refractivity contribution in [2.75, 3.05) is 11.1 Å². The molecule has 0 saturated carbocycles. The van der Waals surface area contributed by atoms with Crippen LogP contribution in [0.4, 0.5) is 11.8 Å². The van der Waals surface area contributed by atoms with Gasteiger partial charge in [0.25, 0.3) is 0 Å². The Morgan fingerprint density at radius 3 is 2.81 bits per heavy atom. The average Bonchev–Trinajstić information content (AvgIpc) is 3.00. The van der Waals surface area contributed by atoms with E-state index in [0.717, 1.165) is 39.5 Å². The van der Waals surface area contributed by atoms with Gasteiger partial charge in [0.2, 0.25) is 5.95 Å². The van der Waals surface area contributed by atoms with Crippen LogP contribution in [0.25, 0.3) is 10.2 Å². The number of fused-ring (bicyclic) bond motifs is 1. The average molecular weight is 303 g/mol. The molecular weight excluding hydrogens is 286 g/mol. The zero-order chi connectivity index (χ0) is 15.0. The SMILES string of the molecule is CCc1cc2c(NCc3c(C)noc3C)nc(N)nc2s1. The fourth-order valence-corrected chi connectivity index (χ4v) is 3.20. The Hall–Kier alpha value is -2.15. The first kappa shape index (κ1) is 13.8. The second-order valence-electron chi connectivity index (χ2n) is 4.87. The highest BCUT2D eigenvalue weighted by atomic mass is 32.1. The van der Waals surface area contributed by atoms with E-state index in [-0.39, 0.29) is 5.95 Å². The molecule has 0 radical (unpaired) electrons. The second kappa shape index (κ2) is 5.33. The van der Waals surface area contributed by atoms with E-state index in [1.54, 1.807) is 11.3 Å². The zero-order valence-electron chi connectivity index (χ0n) is 12.2. The van der Waals surface area contributed by atoms with Gasteiger partial charge in [-0.1, -0.05) is 12.1 Å². The number of aromatic nitrogens is 3. The molecule has 0 aliphatic rings. The molecular formula is C14H17N5OS. The minimum absolute atomic E-state index is 0.285. The van der Waals surface area contributed by atoms with Crippen LogP contribution in [-0.4, -0.2) is 15.1 Å². The fraction of sp³-hybridized carbons (Fsp3) is 0.357. The minimum atomic E-state index is 0.285. The Bertz CT molecular complexity index is 773. The molecule has 0 saturated heterocycles. The molecule has 110 valence electrons. The number of rotatable bonds is 4. The maximum Gasteiger partial charge on any atom is 0.223 e. The smallest absolute Gasteiger partial charge is 0.223 e. The predicted octanol–water partition coefficient (Wildman–Crippen LogP) is 3.05. The van der Waals surface area contributed by atoms with Crippen LogP contribution >= 0.6 is 11.3 Å². The molecule has 21 heavy (non-hydrogen) atoms. The molecule has 3 aromatic rings. The molecule has 0 aliphatic heterocycles. The van der Waals surface area contributed by atoms with Crippen LogP contribution in [0.5, 0.6) is 0 Å². The van der Waals surface area contributed by atoms with Crippen LogP contribution < -0.4 is 11.1 Å². The van der Waals surface area contributed by atoms with Crippen LogP contribution in [0, 0.1) is 13.8 Å². The molecule has 3 heterocycles. The van der Waals surface area contributed by atoms with E-state index in [1.807, 2.05) is 13.8 Å². The van der Waals surface area contributed by atoms with Gasteiger partial charge in [-0.2, -0.15) is 4.98 Å². The van der Waals surface area contributed by atoms with Crippen molar-refractivity contribution < 1.29 is 4.52 Å². The van der Waals surface area contributed by atoms with E-state index in [9.17, 15) is 0 Å². The Balaban J connectivity index is 1.94. The van der Waals surface area contributed by atoms with Crippen molar-refractivity contribution in [3.8, 4) is 0 Å². The Labute approximate surface area is 126 Å². The van der Waals surface area contributed by atoms with Crippen molar-refractivity contribution in [2.24, 2.45) is 0 Å². The molecule has 0 unspecified atom stereocenters. The summed E-state index contributed by atoms with van der Waals surface area (Å²) in [5.74, 6) is 1.86. The lowest BCUT2D eigenvalue weighted by molar-refractivity contribution is 0.392. The zero-order valence-corrected chi connectivity index (χ0v) is 13.0. The monoisotopic (exact) mass is 303 g/mol. The third-order valence-corrected chi connectivity index (χ3v) is 4.60. The van der Waals surface area contributed by atoms with Crippen molar-refractivity contribution in [1.29, 1.82) is 0 Å². The summed E-state index contributed by atoms with van der Waals surface area (Å²) in [6, 6.07) is 2.12. The van der Waals surface area contributed by atoms with E-state index in [4.69, 9.17) is 10.3 Å². The highest BCUT2D eigenvalue weighted by Gasteiger charge is 2.13. The number of nitrogen functional groups attached to an aromatic ring is 1. The molecule has 0 aromatic carbocycles. The van der Waals surface area contributed by atoms with Gasteiger partial charge in [-0.3, -0.25) is 0 Å². The summed E-state index contributed by atoms with van der Waals surface area (Å²) in [6.07, 6.45) is 0.976. The van der Waals surface area contributed by atoms with Gasteiger partial charge < -0.3 is 15.6 Å². The number of hydrogen-bond acceptors (Lipinski definition) is 7. The van der Waals surface area contributed by atoms with E-state index >= 15 is 0 Å². The van der Waals surface area contributed by atoms with Gasteiger partial charge in [0.05, 0.1) is 11.1 Å². The predicted molar refractivity (Wildman–Crippen MR) is 84.5 cm³/mol. The van der Waals surface area contributed by atoms with Crippen molar-refractivity contribution >= 4 is 33.3 Å². The quantitative estimate of drug-likeness (QED) is 0.770. The van der Waals surface area contributed by atoms with E-state index < -0.39 is 0 Å². The number of hydrogen-bond donors (Lipinski definition) is 2. The third kappa shape index (κ3) is 2.56. The highest BCUT2D eigenvalue weighted by Crippen LogP contribution is 2.30. The van der Waals surface area contributed by atoms with Crippen LogP contribution in [0.3, 0.4) is 0 Å². The summed E-state index contributed by atoms with van der Waals surface area (Å²) in [7, 11) is 0. The van der Waals surface area contributed by atoms with Gasteiger partial charge in [0.15, 0.2) is 0 Å². The molecule has 0 atom stereocenters. The Kier molecular flexibility index (Phi) is 3.50. The highest BCUT2D eigenvalue weighted by molar-refractivity contribution is 7.18. The molecule has 6 nitrogen and oxygen atoms in total. The van der Waals surface area contributed by atoms with Gasteiger partial charge in [0.1, 0.15) is 16.4 Å². The number of aryl methyl sites for hydroxylation is 3. The molecule has 3 rings (SSSR count). The number of thiophene rings is 1. The maximum absolute atomic E-state index is 5.80. The van der Waals surface area contributed by atoms with Gasteiger partial charge in [-0.25, -0.2) is 4.98 Å². The summed E-state index contributed by atoms with van der Waals surface area (Å²) in [5.41, 5.74) is 7.73. The molecule has 0 fully saturated rings. The van der Waals surface area contributed by atoms with E-state index in [1.165, 1.54) is 4.88 Å². The van der Waals surface area contributed by atoms with Crippen molar-refractivity contribution in [1.82, 2.24) is 15.1 Å². The summed E-state index contributed by atoms with van der Waals surface area (Å²) in [6.45, 7) is 6.56. The molecule has 0 aliphatic carbocycles. The minimum Gasteiger partial charge on any atom is -0.368 e. The summed E-state index contributed by atoms with van der Waals surface area (Å²) in [5, 5.41) is 8.29. The van der Waals surface area contributed by atoms with Crippen LogP contribution in [-0.2, 0) is 13.0 Å². The fourth-order valence-electron chi connectivity index (χ4n) is 2.22. The first-order valence-corrected chi connectivity index (χ1v) is 7.61.